The van der Waals surface area contributed by atoms with Crippen molar-refractivity contribution >= 4 is 27.5 Å². The van der Waals surface area contributed by atoms with Gasteiger partial charge in [0, 0.05) is 10.7 Å². The number of pyridine rings is 1. The second-order valence-electron chi connectivity index (χ2n) is 2.23. The fourth-order valence-corrected chi connectivity index (χ4v) is 1.25. The Morgan fingerprint density at radius 2 is 2.33 bits per heavy atom. The zero-order chi connectivity index (χ0) is 8.55. The third kappa shape index (κ3) is 1.15. The first-order valence-corrected chi connectivity index (χ1v) is 4.07. The average Bonchev–Trinajstić information content (AvgIpc) is 2.46. The zero-order valence-electron chi connectivity index (χ0n) is 6.03. The van der Waals surface area contributed by atoms with Gasteiger partial charge in [-0.1, -0.05) is 0 Å². The molecular formula is C6H6BrN5. The van der Waals surface area contributed by atoms with E-state index in [1.807, 2.05) is 18.3 Å². The molecule has 0 bridgehead atoms. The molecule has 5 nitrogen and oxygen atoms in total. The van der Waals surface area contributed by atoms with Crippen LogP contribution < -0.4 is 11.3 Å². The van der Waals surface area contributed by atoms with Crippen LogP contribution in [0.1, 0.15) is 0 Å². The van der Waals surface area contributed by atoms with Gasteiger partial charge in [-0.15, -0.1) is 5.10 Å². The normalized spacial score (nSPS) is 10.5. The topological polar surface area (TPSA) is 68.2 Å². The molecule has 0 radical (unpaired) electrons. The van der Waals surface area contributed by atoms with Gasteiger partial charge in [-0.25, -0.2) is 10.4 Å². The monoisotopic (exact) mass is 227 g/mol. The molecule has 0 aliphatic carbocycles. The van der Waals surface area contributed by atoms with Gasteiger partial charge in [-0.05, 0) is 28.1 Å². The molecule has 0 saturated heterocycles. The lowest BCUT2D eigenvalue weighted by atomic mass is 10.5. The number of rotatable bonds is 1. The average molecular weight is 228 g/mol. The van der Waals surface area contributed by atoms with E-state index in [4.69, 9.17) is 5.84 Å². The second kappa shape index (κ2) is 2.72. The SMILES string of the molecule is NNc1nc2ccc(Br)cn2n1. The number of nitrogens with two attached hydrogens (primary N) is 1. The Hall–Kier alpha value is -1.14. The highest BCUT2D eigenvalue weighted by Crippen LogP contribution is 2.11. The maximum Gasteiger partial charge on any atom is 0.257 e. The summed E-state index contributed by atoms with van der Waals surface area (Å²) >= 11 is 3.32. The van der Waals surface area contributed by atoms with Gasteiger partial charge < -0.3 is 0 Å². The number of hydrazine groups is 1. The largest absolute Gasteiger partial charge is 0.291 e. The lowest BCUT2D eigenvalue weighted by molar-refractivity contribution is 0.954. The van der Waals surface area contributed by atoms with Crippen LogP contribution in [0.3, 0.4) is 0 Å². The predicted molar refractivity (Wildman–Crippen MR) is 48.5 cm³/mol. The number of anilines is 1. The van der Waals surface area contributed by atoms with E-state index in [1.165, 1.54) is 0 Å². The van der Waals surface area contributed by atoms with Crippen molar-refractivity contribution in [3.8, 4) is 0 Å². The highest BCUT2D eigenvalue weighted by Gasteiger charge is 2.00. The third-order valence-electron chi connectivity index (χ3n) is 1.42. The van der Waals surface area contributed by atoms with E-state index in [-0.39, 0.29) is 0 Å². The van der Waals surface area contributed by atoms with Crippen molar-refractivity contribution in [2.45, 2.75) is 0 Å². The molecule has 2 rings (SSSR count). The fourth-order valence-electron chi connectivity index (χ4n) is 0.919. The molecular weight excluding hydrogens is 222 g/mol. The van der Waals surface area contributed by atoms with E-state index in [0.717, 1.165) is 10.1 Å². The van der Waals surface area contributed by atoms with E-state index in [2.05, 4.69) is 31.4 Å². The summed E-state index contributed by atoms with van der Waals surface area (Å²) in [6.45, 7) is 0. The number of aromatic nitrogens is 3. The van der Waals surface area contributed by atoms with Gasteiger partial charge in [-0.3, -0.25) is 5.43 Å². The summed E-state index contributed by atoms with van der Waals surface area (Å²) in [6.07, 6.45) is 1.81. The number of fused-ring (bicyclic) bond motifs is 1. The van der Waals surface area contributed by atoms with Gasteiger partial charge in [0.15, 0.2) is 5.65 Å². The molecule has 0 fully saturated rings. The lowest BCUT2D eigenvalue weighted by Gasteiger charge is -1.89. The Balaban J connectivity index is 2.67. The van der Waals surface area contributed by atoms with E-state index >= 15 is 0 Å². The minimum absolute atomic E-state index is 0.410. The van der Waals surface area contributed by atoms with Gasteiger partial charge in [0.1, 0.15) is 0 Å². The van der Waals surface area contributed by atoms with Crippen molar-refractivity contribution in [1.29, 1.82) is 0 Å². The molecule has 0 unspecified atom stereocenters. The molecule has 12 heavy (non-hydrogen) atoms. The van der Waals surface area contributed by atoms with E-state index in [1.54, 1.807) is 4.52 Å². The molecule has 0 aliphatic heterocycles. The summed E-state index contributed by atoms with van der Waals surface area (Å²) < 4.78 is 2.59. The Morgan fingerprint density at radius 3 is 3.08 bits per heavy atom. The lowest BCUT2D eigenvalue weighted by Crippen LogP contribution is -2.08. The molecule has 0 atom stereocenters. The molecule has 0 aliphatic rings. The smallest absolute Gasteiger partial charge is 0.257 e. The minimum atomic E-state index is 0.410. The first-order valence-electron chi connectivity index (χ1n) is 3.28. The van der Waals surface area contributed by atoms with E-state index in [9.17, 15) is 0 Å². The predicted octanol–water partition coefficient (Wildman–Crippen LogP) is 0.777. The summed E-state index contributed by atoms with van der Waals surface area (Å²) in [5, 5.41) is 4.03. The number of nitrogens with zero attached hydrogens (tertiary/aromatic N) is 3. The molecule has 0 spiro atoms. The molecule has 3 N–H and O–H groups in total. The maximum atomic E-state index is 5.15. The molecule has 2 aromatic rings. The van der Waals surface area contributed by atoms with Crippen LogP contribution in [0.25, 0.3) is 5.65 Å². The Kier molecular flexibility index (Phi) is 1.70. The summed E-state index contributed by atoms with van der Waals surface area (Å²) in [5.74, 6) is 5.56. The number of nitrogens with one attached hydrogen (secondary N) is 1. The summed E-state index contributed by atoms with van der Waals surface area (Å²) in [7, 11) is 0. The van der Waals surface area contributed by atoms with Crippen LogP contribution in [0.5, 0.6) is 0 Å². The Labute approximate surface area is 76.7 Å². The summed E-state index contributed by atoms with van der Waals surface area (Å²) in [5.41, 5.74) is 3.13. The summed E-state index contributed by atoms with van der Waals surface area (Å²) in [4.78, 5) is 4.07. The van der Waals surface area contributed by atoms with Crippen molar-refractivity contribution in [3.05, 3.63) is 22.8 Å². The molecule has 0 saturated carbocycles. The van der Waals surface area contributed by atoms with Crippen molar-refractivity contribution in [1.82, 2.24) is 14.6 Å². The molecule has 0 amide bonds. The number of hydrogen-bond donors (Lipinski definition) is 2. The second-order valence-corrected chi connectivity index (χ2v) is 3.15. The van der Waals surface area contributed by atoms with Crippen LogP contribution >= 0.6 is 15.9 Å². The zero-order valence-corrected chi connectivity index (χ0v) is 7.62. The first-order chi connectivity index (χ1) is 5.79. The van der Waals surface area contributed by atoms with Gasteiger partial charge in [0.2, 0.25) is 0 Å². The van der Waals surface area contributed by atoms with Gasteiger partial charge in [-0.2, -0.15) is 4.98 Å². The quantitative estimate of drug-likeness (QED) is 0.559. The minimum Gasteiger partial charge on any atom is -0.291 e. The summed E-state index contributed by atoms with van der Waals surface area (Å²) in [6, 6.07) is 3.74. The standard InChI is InChI=1S/C6H6BrN5/c7-4-1-2-5-9-6(10-8)11-12(5)3-4/h1-3H,8H2,(H,10,11). The van der Waals surface area contributed by atoms with Crippen LogP contribution in [0.15, 0.2) is 22.8 Å². The maximum absolute atomic E-state index is 5.15. The van der Waals surface area contributed by atoms with Crippen molar-refractivity contribution in [2.24, 2.45) is 5.84 Å². The highest BCUT2D eigenvalue weighted by atomic mass is 79.9. The third-order valence-corrected chi connectivity index (χ3v) is 1.89. The molecule has 62 valence electrons. The number of hydrogen-bond acceptors (Lipinski definition) is 4. The van der Waals surface area contributed by atoms with Gasteiger partial charge in [0.05, 0.1) is 0 Å². The van der Waals surface area contributed by atoms with Crippen LogP contribution in [-0.2, 0) is 0 Å². The molecule has 2 aromatic heterocycles. The van der Waals surface area contributed by atoms with Crippen LogP contribution in [0.2, 0.25) is 0 Å². The van der Waals surface area contributed by atoms with Crippen LogP contribution in [0, 0.1) is 0 Å². The van der Waals surface area contributed by atoms with E-state index < -0.39 is 0 Å². The number of halogens is 1. The van der Waals surface area contributed by atoms with Crippen molar-refractivity contribution in [3.63, 3.8) is 0 Å². The molecule has 2 heterocycles. The Bertz CT molecular complexity index is 409. The van der Waals surface area contributed by atoms with Crippen molar-refractivity contribution in [2.75, 3.05) is 5.43 Å². The Morgan fingerprint density at radius 1 is 1.50 bits per heavy atom. The van der Waals surface area contributed by atoms with Crippen LogP contribution in [0.4, 0.5) is 5.95 Å². The fraction of sp³-hybridized carbons (Fsp3) is 0. The highest BCUT2D eigenvalue weighted by molar-refractivity contribution is 9.10. The molecule has 0 aromatic carbocycles. The number of nitrogen functional groups attached to an aromatic ring is 1. The van der Waals surface area contributed by atoms with Gasteiger partial charge >= 0.3 is 0 Å². The molecule has 6 heteroatoms. The van der Waals surface area contributed by atoms with E-state index in [0.29, 0.717) is 5.95 Å². The van der Waals surface area contributed by atoms with Gasteiger partial charge in [0.25, 0.3) is 5.95 Å². The van der Waals surface area contributed by atoms with Crippen LogP contribution in [-0.4, -0.2) is 14.6 Å². The first kappa shape index (κ1) is 7.51. The van der Waals surface area contributed by atoms with Crippen molar-refractivity contribution < 1.29 is 0 Å².